The van der Waals surface area contributed by atoms with E-state index in [2.05, 4.69) is 5.32 Å². The van der Waals surface area contributed by atoms with Gasteiger partial charge in [0.2, 0.25) is 0 Å². The van der Waals surface area contributed by atoms with Crippen molar-refractivity contribution < 1.29 is 64.2 Å². The van der Waals surface area contributed by atoms with Gasteiger partial charge in [-0.3, -0.25) is 0 Å². The number of nitrogens with one attached hydrogen (secondary N) is 1. The van der Waals surface area contributed by atoms with E-state index in [-0.39, 0.29) is 6.61 Å². The van der Waals surface area contributed by atoms with Gasteiger partial charge in [-0.15, -0.1) is 0 Å². The van der Waals surface area contributed by atoms with Crippen LogP contribution in [0, 0.1) is 0 Å². The maximum absolute atomic E-state index is 10.5. The standard InChI is InChI=1S/C20H40N2O13/c21-1-4-30-7-8-31-5-2-22-3-6-32-17-11(9-23)34-20(16(28)14(17)26)35-18-12(10-24)33-19(29)15(27)13(18)25/h11-20,22-29H,1-10,21H2/t11-,12-,13-,14-,15-,16-,17-,18-,19?,20-/m1/s1. The van der Waals surface area contributed by atoms with E-state index in [0.717, 1.165) is 0 Å². The van der Waals surface area contributed by atoms with Gasteiger partial charge in [-0.2, -0.15) is 0 Å². The number of rotatable bonds is 16. The molecule has 2 rings (SSSR count). The van der Waals surface area contributed by atoms with Crippen LogP contribution in [0.1, 0.15) is 0 Å². The molecule has 2 aliphatic rings. The second-order valence-corrected chi connectivity index (χ2v) is 8.14. The maximum atomic E-state index is 10.5. The highest BCUT2D eigenvalue weighted by Crippen LogP contribution is 2.29. The van der Waals surface area contributed by atoms with Gasteiger partial charge in [0.05, 0.1) is 46.2 Å². The zero-order valence-electron chi connectivity index (χ0n) is 19.5. The summed E-state index contributed by atoms with van der Waals surface area (Å²) >= 11 is 0. The Bertz CT molecular complexity index is 561. The Morgan fingerprint density at radius 1 is 0.686 bits per heavy atom. The fraction of sp³-hybridized carbons (Fsp3) is 1.00. The molecule has 0 aromatic heterocycles. The van der Waals surface area contributed by atoms with Crippen molar-refractivity contribution in [3.8, 4) is 0 Å². The molecule has 35 heavy (non-hydrogen) atoms. The van der Waals surface area contributed by atoms with Gasteiger partial charge >= 0.3 is 0 Å². The van der Waals surface area contributed by atoms with Crippen molar-refractivity contribution in [1.82, 2.24) is 5.32 Å². The second kappa shape index (κ2) is 16.3. The van der Waals surface area contributed by atoms with Crippen LogP contribution in [0.25, 0.3) is 0 Å². The van der Waals surface area contributed by atoms with Gasteiger partial charge < -0.3 is 75.2 Å². The number of hydrogen-bond donors (Lipinski definition) is 9. The average molecular weight is 517 g/mol. The normalized spacial score (nSPS) is 38.1. The molecule has 0 aliphatic carbocycles. The number of hydrogen-bond acceptors (Lipinski definition) is 15. The first-order chi connectivity index (χ1) is 16.8. The van der Waals surface area contributed by atoms with Crippen molar-refractivity contribution in [2.75, 3.05) is 65.9 Å². The van der Waals surface area contributed by atoms with Gasteiger partial charge in [-0.05, 0) is 0 Å². The van der Waals surface area contributed by atoms with Crippen molar-refractivity contribution in [1.29, 1.82) is 0 Å². The number of aliphatic hydroxyl groups is 7. The van der Waals surface area contributed by atoms with Crippen LogP contribution in [0.4, 0.5) is 0 Å². The molecule has 0 radical (unpaired) electrons. The lowest BCUT2D eigenvalue weighted by Gasteiger charge is -2.46. The van der Waals surface area contributed by atoms with Gasteiger partial charge in [0, 0.05) is 19.6 Å². The summed E-state index contributed by atoms with van der Waals surface area (Å²) in [6, 6.07) is 0. The van der Waals surface area contributed by atoms with Gasteiger partial charge in [-0.1, -0.05) is 0 Å². The molecule has 10 N–H and O–H groups in total. The Labute approximate surface area is 203 Å². The fourth-order valence-corrected chi connectivity index (χ4v) is 3.70. The van der Waals surface area contributed by atoms with Gasteiger partial charge in [0.15, 0.2) is 12.6 Å². The molecule has 0 aromatic rings. The Kier molecular flexibility index (Phi) is 14.2. The lowest BCUT2D eigenvalue weighted by Crippen LogP contribution is -2.64. The largest absolute Gasteiger partial charge is 0.394 e. The lowest BCUT2D eigenvalue weighted by molar-refractivity contribution is -0.357. The molecule has 208 valence electrons. The number of nitrogens with two attached hydrogens (primary N) is 1. The lowest BCUT2D eigenvalue weighted by atomic mass is 9.97. The van der Waals surface area contributed by atoms with Crippen LogP contribution in [0.3, 0.4) is 0 Å². The summed E-state index contributed by atoms with van der Waals surface area (Å²) in [5.41, 5.74) is 5.31. The first-order valence-electron chi connectivity index (χ1n) is 11.6. The molecular formula is C20H40N2O13. The molecule has 2 saturated heterocycles. The van der Waals surface area contributed by atoms with Crippen molar-refractivity contribution in [3.63, 3.8) is 0 Å². The highest BCUT2D eigenvalue weighted by Gasteiger charge is 2.50. The third kappa shape index (κ3) is 9.03. The molecule has 0 bridgehead atoms. The van der Waals surface area contributed by atoms with Crippen LogP contribution in [-0.2, 0) is 28.4 Å². The molecule has 15 heteroatoms. The molecular weight excluding hydrogens is 476 g/mol. The summed E-state index contributed by atoms with van der Waals surface area (Å²) in [6.45, 7) is 2.14. The first kappa shape index (κ1) is 30.6. The van der Waals surface area contributed by atoms with Crippen LogP contribution in [-0.4, -0.2) is 163 Å². The van der Waals surface area contributed by atoms with Gasteiger partial charge in [0.1, 0.15) is 48.8 Å². The van der Waals surface area contributed by atoms with E-state index >= 15 is 0 Å². The average Bonchev–Trinajstić information content (AvgIpc) is 2.86. The first-order valence-corrected chi connectivity index (χ1v) is 11.6. The quantitative estimate of drug-likeness (QED) is 0.0869. The molecule has 2 heterocycles. The van der Waals surface area contributed by atoms with E-state index in [4.69, 9.17) is 34.2 Å². The van der Waals surface area contributed by atoms with Crippen molar-refractivity contribution in [3.05, 3.63) is 0 Å². The third-order valence-corrected chi connectivity index (χ3v) is 5.60. The van der Waals surface area contributed by atoms with Crippen LogP contribution < -0.4 is 11.1 Å². The Morgan fingerprint density at radius 3 is 1.94 bits per heavy atom. The molecule has 0 spiro atoms. The fourth-order valence-electron chi connectivity index (χ4n) is 3.70. The highest BCUT2D eigenvalue weighted by atomic mass is 16.7. The van der Waals surface area contributed by atoms with E-state index in [1.165, 1.54) is 0 Å². The van der Waals surface area contributed by atoms with E-state index < -0.39 is 74.6 Å². The molecule has 15 nitrogen and oxygen atoms in total. The van der Waals surface area contributed by atoms with Crippen molar-refractivity contribution in [2.45, 2.75) is 61.4 Å². The topological polar surface area (TPSA) is 235 Å². The maximum Gasteiger partial charge on any atom is 0.187 e. The Balaban J connectivity index is 1.76. The van der Waals surface area contributed by atoms with Gasteiger partial charge in [-0.25, -0.2) is 0 Å². The van der Waals surface area contributed by atoms with Gasteiger partial charge in [0.25, 0.3) is 0 Å². The van der Waals surface area contributed by atoms with Crippen LogP contribution in [0.2, 0.25) is 0 Å². The predicted octanol–water partition coefficient (Wildman–Crippen LogP) is -5.79. The summed E-state index contributed by atoms with van der Waals surface area (Å²) in [6.07, 6.45) is -14.7. The summed E-state index contributed by atoms with van der Waals surface area (Å²) < 4.78 is 32.2. The summed E-state index contributed by atoms with van der Waals surface area (Å²) in [5.74, 6) is 0. The number of ether oxygens (including phenoxy) is 6. The Hall–Kier alpha value is -0.600. The van der Waals surface area contributed by atoms with Crippen LogP contribution >= 0.6 is 0 Å². The second-order valence-electron chi connectivity index (χ2n) is 8.14. The molecule has 0 saturated carbocycles. The molecule has 2 aliphatic heterocycles. The molecule has 2 fully saturated rings. The molecule has 0 amide bonds. The zero-order valence-corrected chi connectivity index (χ0v) is 19.5. The number of aliphatic hydroxyl groups excluding tert-OH is 7. The van der Waals surface area contributed by atoms with Crippen LogP contribution in [0.15, 0.2) is 0 Å². The van der Waals surface area contributed by atoms with Crippen molar-refractivity contribution >= 4 is 0 Å². The molecule has 0 aromatic carbocycles. The Morgan fingerprint density at radius 2 is 1.29 bits per heavy atom. The summed E-state index contributed by atoms with van der Waals surface area (Å²) in [7, 11) is 0. The van der Waals surface area contributed by atoms with Crippen LogP contribution in [0.5, 0.6) is 0 Å². The SMILES string of the molecule is NCCOCCOCCNCCO[C@H]1[C@H](O)[C@@H](O)[C@@H](O[C@H]2[C@H](O)[C@@H](O)C(O)O[C@@H]2CO)O[C@@H]1CO. The minimum Gasteiger partial charge on any atom is -0.394 e. The third-order valence-electron chi connectivity index (χ3n) is 5.60. The smallest absolute Gasteiger partial charge is 0.187 e. The van der Waals surface area contributed by atoms with E-state index in [9.17, 15) is 35.7 Å². The molecule has 10 atom stereocenters. The highest BCUT2D eigenvalue weighted by molar-refractivity contribution is 4.94. The minimum atomic E-state index is -1.75. The van der Waals surface area contributed by atoms with Crippen molar-refractivity contribution in [2.24, 2.45) is 5.73 Å². The van der Waals surface area contributed by atoms with E-state index in [1.807, 2.05) is 0 Å². The summed E-state index contributed by atoms with van der Waals surface area (Å²) in [4.78, 5) is 0. The zero-order chi connectivity index (χ0) is 25.8. The molecule has 1 unspecified atom stereocenters. The summed E-state index contributed by atoms with van der Waals surface area (Å²) in [5, 5.41) is 72.9. The monoisotopic (exact) mass is 516 g/mol. The predicted molar refractivity (Wildman–Crippen MR) is 116 cm³/mol. The van der Waals surface area contributed by atoms with E-state index in [0.29, 0.717) is 46.1 Å². The van der Waals surface area contributed by atoms with E-state index in [1.54, 1.807) is 0 Å². The minimum absolute atomic E-state index is 0.130.